The van der Waals surface area contributed by atoms with E-state index < -0.39 is 5.97 Å². The summed E-state index contributed by atoms with van der Waals surface area (Å²) in [5, 5.41) is 10.6. The van der Waals surface area contributed by atoms with Gasteiger partial charge in [-0.15, -0.1) is 11.3 Å². The van der Waals surface area contributed by atoms with Crippen LogP contribution in [0.4, 0.5) is 0 Å². The molecule has 0 radical (unpaired) electrons. The van der Waals surface area contributed by atoms with Crippen LogP contribution in [0, 0.1) is 0 Å². The number of ether oxygens (including phenoxy) is 1. The summed E-state index contributed by atoms with van der Waals surface area (Å²) in [6, 6.07) is 12.9. The predicted molar refractivity (Wildman–Crippen MR) is 83.9 cm³/mol. The molecule has 0 bridgehead atoms. The molecule has 0 amide bonds. The van der Waals surface area contributed by atoms with Gasteiger partial charge in [-0.1, -0.05) is 6.07 Å². The van der Waals surface area contributed by atoms with Gasteiger partial charge in [-0.3, -0.25) is 0 Å². The first-order valence-corrected chi connectivity index (χ1v) is 7.42. The number of nitrogens with zero attached hydrogens (tertiary/aromatic N) is 2. The molecule has 2 heterocycles. The lowest BCUT2D eigenvalue weighted by Gasteiger charge is -2.05. The molecule has 0 aliphatic carbocycles. The van der Waals surface area contributed by atoms with Gasteiger partial charge < -0.3 is 9.84 Å². The first-order chi connectivity index (χ1) is 10.7. The van der Waals surface area contributed by atoms with Crippen LogP contribution >= 0.6 is 11.3 Å². The highest BCUT2D eigenvalue weighted by Gasteiger charge is 2.06. The third-order valence-electron chi connectivity index (χ3n) is 2.90. The van der Waals surface area contributed by atoms with Crippen molar-refractivity contribution in [1.29, 1.82) is 0 Å². The van der Waals surface area contributed by atoms with Crippen molar-refractivity contribution >= 4 is 17.3 Å². The normalized spacial score (nSPS) is 10.4. The van der Waals surface area contributed by atoms with Crippen LogP contribution in [0.2, 0.25) is 0 Å². The maximum Gasteiger partial charge on any atom is 0.341 e. The predicted octanol–water partition coefficient (Wildman–Crippen LogP) is 3.34. The molecule has 0 atom stereocenters. The second-order valence-corrected chi connectivity index (χ2v) is 5.40. The number of carboxylic acids is 1. The third-order valence-corrected chi connectivity index (χ3v) is 3.80. The van der Waals surface area contributed by atoms with E-state index in [9.17, 15) is 4.79 Å². The number of rotatable bonds is 5. The average Bonchev–Trinajstić information content (AvgIpc) is 3.08. The van der Waals surface area contributed by atoms with Crippen molar-refractivity contribution in [1.82, 2.24) is 9.97 Å². The summed E-state index contributed by atoms with van der Waals surface area (Å²) in [7, 11) is 0. The molecule has 6 heteroatoms. The fraction of sp³-hybridized carbons (Fsp3) is 0.0625. The van der Waals surface area contributed by atoms with E-state index in [1.165, 1.54) is 0 Å². The molecule has 3 aromatic rings. The first-order valence-electron chi connectivity index (χ1n) is 6.54. The van der Waals surface area contributed by atoms with Crippen LogP contribution in [0.1, 0.15) is 0 Å². The zero-order valence-electron chi connectivity index (χ0n) is 11.5. The van der Waals surface area contributed by atoms with Gasteiger partial charge >= 0.3 is 5.97 Å². The molecule has 0 fully saturated rings. The second-order valence-electron chi connectivity index (χ2n) is 4.45. The second kappa shape index (κ2) is 6.36. The van der Waals surface area contributed by atoms with Gasteiger partial charge in [0.1, 0.15) is 5.75 Å². The van der Waals surface area contributed by atoms with Gasteiger partial charge in [0, 0.05) is 11.8 Å². The molecule has 0 aliphatic heterocycles. The van der Waals surface area contributed by atoms with Crippen LogP contribution in [0.3, 0.4) is 0 Å². The lowest BCUT2D eigenvalue weighted by molar-refractivity contribution is -0.139. The number of aromatic nitrogens is 2. The molecule has 22 heavy (non-hydrogen) atoms. The molecule has 2 aromatic heterocycles. The Labute approximate surface area is 130 Å². The molecular formula is C16H12N2O3S. The lowest BCUT2D eigenvalue weighted by Crippen LogP contribution is -2.09. The van der Waals surface area contributed by atoms with E-state index in [0.29, 0.717) is 11.6 Å². The van der Waals surface area contributed by atoms with Gasteiger partial charge in [0.2, 0.25) is 0 Å². The van der Waals surface area contributed by atoms with Gasteiger partial charge in [-0.2, -0.15) is 0 Å². The Morgan fingerprint density at radius 1 is 1.18 bits per heavy atom. The van der Waals surface area contributed by atoms with E-state index in [0.717, 1.165) is 16.1 Å². The van der Waals surface area contributed by atoms with Crippen LogP contribution in [-0.2, 0) is 4.79 Å². The summed E-state index contributed by atoms with van der Waals surface area (Å²) < 4.78 is 5.10. The highest BCUT2D eigenvalue weighted by Crippen LogP contribution is 2.25. The summed E-state index contributed by atoms with van der Waals surface area (Å²) in [4.78, 5) is 20.4. The van der Waals surface area contributed by atoms with Gasteiger partial charge in [0.05, 0.1) is 10.6 Å². The van der Waals surface area contributed by atoms with E-state index in [1.54, 1.807) is 29.7 Å². The zero-order chi connectivity index (χ0) is 15.4. The number of carbonyl (C=O) groups is 1. The van der Waals surface area contributed by atoms with Gasteiger partial charge in [-0.05, 0) is 41.8 Å². The van der Waals surface area contributed by atoms with Crippen LogP contribution in [0.15, 0.2) is 54.0 Å². The number of benzene rings is 1. The molecule has 1 N–H and O–H groups in total. The molecule has 0 spiro atoms. The summed E-state index contributed by atoms with van der Waals surface area (Å²) in [6.07, 6.45) is 1.73. The molecule has 0 saturated heterocycles. The van der Waals surface area contributed by atoms with Gasteiger partial charge in [0.15, 0.2) is 12.4 Å². The van der Waals surface area contributed by atoms with Crippen LogP contribution in [0.25, 0.3) is 22.0 Å². The summed E-state index contributed by atoms with van der Waals surface area (Å²) >= 11 is 1.63. The summed E-state index contributed by atoms with van der Waals surface area (Å²) in [6.45, 7) is -0.357. The highest BCUT2D eigenvalue weighted by molar-refractivity contribution is 7.13. The molecule has 0 aliphatic rings. The minimum atomic E-state index is -1.00. The quantitative estimate of drug-likeness (QED) is 0.782. The van der Waals surface area contributed by atoms with Crippen molar-refractivity contribution in [2.24, 2.45) is 0 Å². The van der Waals surface area contributed by atoms with Crippen molar-refractivity contribution in [2.75, 3.05) is 6.61 Å². The van der Waals surface area contributed by atoms with Crippen molar-refractivity contribution < 1.29 is 14.6 Å². The lowest BCUT2D eigenvalue weighted by atomic mass is 10.2. The summed E-state index contributed by atoms with van der Waals surface area (Å²) in [5.74, 6) is 0.118. The third kappa shape index (κ3) is 3.29. The van der Waals surface area contributed by atoms with Crippen LogP contribution in [-0.4, -0.2) is 27.7 Å². The molecule has 110 valence electrons. The Kier molecular flexibility index (Phi) is 4.11. The zero-order valence-corrected chi connectivity index (χ0v) is 12.3. The SMILES string of the molecule is O=C(O)COc1ccc(-c2nccc(-c3cccs3)n2)cc1. The molecular weight excluding hydrogens is 300 g/mol. The number of hydrogen-bond acceptors (Lipinski definition) is 5. The van der Waals surface area contributed by atoms with Crippen molar-refractivity contribution in [3.05, 3.63) is 54.0 Å². The van der Waals surface area contributed by atoms with E-state index in [1.807, 2.05) is 35.7 Å². The Hall–Kier alpha value is -2.73. The maximum atomic E-state index is 10.5. The van der Waals surface area contributed by atoms with Gasteiger partial charge in [-0.25, -0.2) is 14.8 Å². The molecule has 5 nitrogen and oxygen atoms in total. The monoisotopic (exact) mass is 312 g/mol. The minimum absolute atomic E-state index is 0.357. The molecule has 3 rings (SSSR count). The van der Waals surface area contributed by atoms with Crippen LogP contribution in [0.5, 0.6) is 5.75 Å². The fourth-order valence-corrected chi connectivity index (χ4v) is 2.60. The Morgan fingerprint density at radius 3 is 2.68 bits per heavy atom. The molecule has 0 unspecified atom stereocenters. The highest BCUT2D eigenvalue weighted by atomic mass is 32.1. The van der Waals surface area contributed by atoms with E-state index in [4.69, 9.17) is 9.84 Å². The van der Waals surface area contributed by atoms with E-state index >= 15 is 0 Å². The topological polar surface area (TPSA) is 72.3 Å². The number of aliphatic carboxylic acids is 1. The van der Waals surface area contributed by atoms with E-state index in [-0.39, 0.29) is 6.61 Å². The van der Waals surface area contributed by atoms with Crippen molar-refractivity contribution in [3.63, 3.8) is 0 Å². The minimum Gasteiger partial charge on any atom is -0.482 e. The van der Waals surface area contributed by atoms with Crippen molar-refractivity contribution in [3.8, 4) is 27.7 Å². The number of carboxylic acid groups (broad SMARTS) is 1. The maximum absolute atomic E-state index is 10.5. The Bertz CT molecular complexity index is 770. The number of hydrogen-bond donors (Lipinski definition) is 1. The summed E-state index contributed by atoms with van der Waals surface area (Å²) in [5.41, 5.74) is 1.73. The largest absolute Gasteiger partial charge is 0.482 e. The Balaban J connectivity index is 1.82. The van der Waals surface area contributed by atoms with Gasteiger partial charge in [0.25, 0.3) is 0 Å². The first kappa shape index (κ1) is 14.2. The Morgan fingerprint density at radius 2 is 2.00 bits per heavy atom. The standard InChI is InChI=1S/C16H12N2O3S/c19-15(20)10-21-12-5-3-11(4-6-12)16-17-8-7-13(18-16)14-2-1-9-22-14/h1-9H,10H2,(H,19,20). The molecule has 0 saturated carbocycles. The average molecular weight is 312 g/mol. The fourth-order valence-electron chi connectivity index (χ4n) is 1.90. The smallest absolute Gasteiger partial charge is 0.341 e. The van der Waals surface area contributed by atoms with Crippen molar-refractivity contribution in [2.45, 2.75) is 0 Å². The molecule has 1 aromatic carbocycles. The number of thiophene rings is 1. The van der Waals surface area contributed by atoms with Crippen LogP contribution < -0.4 is 4.74 Å². The van der Waals surface area contributed by atoms with E-state index in [2.05, 4.69) is 9.97 Å².